The maximum atomic E-state index is 12.9. The van der Waals surface area contributed by atoms with E-state index < -0.39 is 17.7 Å². The molecule has 2 N–H and O–H groups in total. The molecule has 98 valence electrons. The second-order valence-electron chi connectivity index (χ2n) is 3.47. The number of aromatic hydroxyl groups is 1. The maximum absolute atomic E-state index is 12.9. The summed E-state index contributed by atoms with van der Waals surface area (Å²) >= 11 is 0. The van der Waals surface area contributed by atoms with E-state index in [0.29, 0.717) is 0 Å². The first-order chi connectivity index (χ1) is 8.54. The van der Waals surface area contributed by atoms with E-state index in [-0.39, 0.29) is 30.9 Å². The van der Waals surface area contributed by atoms with Crippen LogP contribution >= 0.6 is 0 Å². The smallest absolute Gasteiger partial charge is 0.307 e. The quantitative estimate of drug-likeness (QED) is 0.775. The highest BCUT2D eigenvalue weighted by atomic mass is 19.1. The second-order valence-corrected chi connectivity index (χ2v) is 3.47. The lowest BCUT2D eigenvalue weighted by Crippen LogP contribution is -2.26. The third kappa shape index (κ3) is 4.04. The minimum Gasteiger partial charge on any atom is -0.507 e. The summed E-state index contributed by atoms with van der Waals surface area (Å²) in [5.74, 6) is -2.01. The van der Waals surface area contributed by atoms with Crippen LogP contribution in [0.1, 0.15) is 23.7 Å². The molecule has 1 rings (SSSR count). The molecule has 0 radical (unpaired) electrons. The number of ether oxygens (including phenoxy) is 1. The number of rotatable bonds is 5. The summed E-state index contributed by atoms with van der Waals surface area (Å²) in [5, 5.41) is 11.8. The number of benzene rings is 1. The molecule has 5 nitrogen and oxygen atoms in total. The van der Waals surface area contributed by atoms with Gasteiger partial charge in [0.25, 0.3) is 5.91 Å². The number of phenols is 1. The normalized spacial score (nSPS) is 9.89. The average Bonchev–Trinajstić information content (AvgIpc) is 2.32. The Hall–Kier alpha value is -2.11. The molecular formula is C12H14FNO4. The summed E-state index contributed by atoms with van der Waals surface area (Å²) in [6, 6.07) is 3.06. The van der Waals surface area contributed by atoms with E-state index in [1.807, 2.05) is 0 Å². The van der Waals surface area contributed by atoms with E-state index >= 15 is 0 Å². The molecule has 0 aliphatic rings. The van der Waals surface area contributed by atoms with E-state index in [2.05, 4.69) is 10.1 Å². The summed E-state index contributed by atoms with van der Waals surface area (Å²) < 4.78 is 17.6. The molecule has 1 aromatic rings. The number of hydrogen-bond acceptors (Lipinski definition) is 4. The molecular weight excluding hydrogens is 241 g/mol. The summed E-state index contributed by atoms with van der Waals surface area (Å²) in [6.45, 7) is 2.02. The summed E-state index contributed by atoms with van der Waals surface area (Å²) in [7, 11) is 0. The minimum atomic E-state index is -0.642. The third-order valence-corrected chi connectivity index (χ3v) is 2.12. The molecule has 0 saturated carbocycles. The van der Waals surface area contributed by atoms with Crippen molar-refractivity contribution in [2.75, 3.05) is 13.2 Å². The predicted octanol–water partition coefficient (Wildman–Crippen LogP) is 1.21. The molecule has 0 bridgehead atoms. The van der Waals surface area contributed by atoms with E-state index in [0.717, 1.165) is 18.2 Å². The van der Waals surface area contributed by atoms with Crippen LogP contribution in [0.25, 0.3) is 0 Å². The highest BCUT2D eigenvalue weighted by Crippen LogP contribution is 2.17. The molecule has 0 aliphatic heterocycles. The molecule has 18 heavy (non-hydrogen) atoms. The first-order valence-electron chi connectivity index (χ1n) is 5.47. The molecule has 0 heterocycles. The summed E-state index contributed by atoms with van der Waals surface area (Å²) in [6.07, 6.45) is 0.0235. The van der Waals surface area contributed by atoms with E-state index in [4.69, 9.17) is 0 Å². The lowest BCUT2D eigenvalue weighted by Gasteiger charge is -2.06. The van der Waals surface area contributed by atoms with E-state index in [1.54, 1.807) is 6.92 Å². The molecule has 6 heteroatoms. The molecule has 0 spiro atoms. The number of carbonyl (C=O) groups is 2. The highest BCUT2D eigenvalue weighted by Gasteiger charge is 2.12. The maximum Gasteiger partial charge on any atom is 0.307 e. The third-order valence-electron chi connectivity index (χ3n) is 2.12. The molecule has 0 atom stereocenters. The van der Waals surface area contributed by atoms with Crippen LogP contribution in [-0.2, 0) is 9.53 Å². The Labute approximate surface area is 104 Å². The molecule has 0 unspecified atom stereocenters. The van der Waals surface area contributed by atoms with Gasteiger partial charge in [0.15, 0.2) is 0 Å². The van der Waals surface area contributed by atoms with Crippen molar-refractivity contribution in [2.24, 2.45) is 0 Å². The van der Waals surface area contributed by atoms with Gasteiger partial charge in [-0.15, -0.1) is 0 Å². The van der Waals surface area contributed by atoms with Gasteiger partial charge < -0.3 is 15.2 Å². The molecule has 1 aromatic carbocycles. The Morgan fingerprint density at radius 3 is 2.83 bits per heavy atom. The topological polar surface area (TPSA) is 75.6 Å². The number of nitrogens with one attached hydrogen (secondary N) is 1. The van der Waals surface area contributed by atoms with Gasteiger partial charge in [0, 0.05) is 6.54 Å². The largest absolute Gasteiger partial charge is 0.507 e. The van der Waals surface area contributed by atoms with Crippen LogP contribution < -0.4 is 5.32 Å². The molecule has 0 aromatic heterocycles. The van der Waals surface area contributed by atoms with Gasteiger partial charge in [-0.05, 0) is 25.1 Å². The van der Waals surface area contributed by atoms with Crippen LogP contribution in [0.2, 0.25) is 0 Å². The fraction of sp³-hybridized carbons (Fsp3) is 0.333. The second kappa shape index (κ2) is 6.58. The van der Waals surface area contributed by atoms with Crippen molar-refractivity contribution in [3.63, 3.8) is 0 Å². The summed E-state index contributed by atoms with van der Waals surface area (Å²) in [5.41, 5.74) is -0.168. The fourth-order valence-corrected chi connectivity index (χ4v) is 1.30. The van der Waals surface area contributed by atoms with Crippen LogP contribution in [0.5, 0.6) is 5.75 Å². The van der Waals surface area contributed by atoms with Gasteiger partial charge in [0.1, 0.15) is 11.6 Å². The lowest BCUT2D eigenvalue weighted by atomic mass is 10.2. The Kier molecular flexibility index (Phi) is 5.10. The van der Waals surface area contributed by atoms with Crippen LogP contribution in [-0.4, -0.2) is 30.1 Å². The Bertz CT molecular complexity index is 448. The molecule has 0 fully saturated rings. The van der Waals surface area contributed by atoms with Crippen molar-refractivity contribution in [2.45, 2.75) is 13.3 Å². The minimum absolute atomic E-state index is 0.0235. The van der Waals surface area contributed by atoms with Crippen molar-refractivity contribution in [3.05, 3.63) is 29.6 Å². The molecule has 0 aliphatic carbocycles. The fourth-order valence-electron chi connectivity index (χ4n) is 1.30. The number of phenolic OH excluding ortho intramolecular Hbond substituents is 1. The number of halogens is 1. The average molecular weight is 255 g/mol. The zero-order valence-corrected chi connectivity index (χ0v) is 9.90. The van der Waals surface area contributed by atoms with E-state index in [1.165, 1.54) is 0 Å². The van der Waals surface area contributed by atoms with Crippen molar-refractivity contribution in [1.82, 2.24) is 5.32 Å². The van der Waals surface area contributed by atoms with Gasteiger partial charge in [-0.25, -0.2) is 4.39 Å². The van der Waals surface area contributed by atoms with Crippen LogP contribution in [0, 0.1) is 5.82 Å². The first kappa shape index (κ1) is 14.0. The first-order valence-corrected chi connectivity index (χ1v) is 5.47. The van der Waals surface area contributed by atoms with Gasteiger partial charge in [-0.1, -0.05) is 0 Å². The van der Waals surface area contributed by atoms with Gasteiger partial charge in [-0.2, -0.15) is 0 Å². The Balaban J connectivity index is 2.50. The van der Waals surface area contributed by atoms with Gasteiger partial charge in [0.2, 0.25) is 0 Å². The monoisotopic (exact) mass is 255 g/mol. The van der Waals surface area contributed by atoms with Crippen molar-refractivity contribution in [3.8, 4) is 5.75 Å². The van der Waals surface area contributed by atoms with Crippen LogP contribution in [0.4, 0.5) is 4.39 Å². The zero-order chi connectivity index (χ0) is 13.5. The number of amides is 1. The predicted molar refractivity (Wildman–Crippen MR) is 61.6 cm³/mol. The standard InChI is InChI=1S/C12H14FNO4/c1-2-18-11(16)5-6-14-12(17)9-7-8(13)3-4-10(9)15/h3-4,7,15H,2,5-6H2,1H3,(H,14,17). The molecule has 1 amide bonds. The van der Waals surface area contributed by atoms with Crippen molar-refractivity contribution < 1.29 is 23.8 Å². The number of esters is 1. The van der Waals surface area contributed by atoms with Crippen molar-refractivity contribution >= 4 is 11.9 Å². The van der Waals surface area contributed by atoms with Crippen LogP contribution in [0.15, 0.2) is 18.2 Å². The van der Waals surface area contributed by atoms with Crippen molar-refractivity contribution in [1.29, 1.82) is 0 Å². The van der Waals surface area contributed by atoms with Crippen LogP contribution in [0.3, 0.4) is 0 Å². The van der Waals surface area contributed by atoms with Gasteiger partial charge in [0.05, 0.1) is 18.6 Å². The van der Waals surface area contributed by atoms with Gasteiger partial charge in [-0.3, -0.25) is 9.59 Å². The number of hydrogen-bond donors (Lipinski definition) is 2. The lowest BCUT2D eigenvalue weighted by molar-refractivity contribution is -0.142. The SMILES string of the molecule is CCOC(=O)CCNC(=O)c1cc(F)ccc1O. The Morgan fingerprint density at radius 2 is 2.17 bits per heavy atom. The highest BCUT2D eigenvalue weighted by molar-refractivity contribution is 5.96. The molecule has 0 saturated heterocycles. The van der Waals surface area contributed by atoms with Gasteiger partial charge >= 0.3 is 5.97 Å². The zero-order valence-electron chi connectivity index (χ0n) is 9.90. The Morgan fingerprint density at radius 1 is 1.44 bits per heavy atom. The number of carbonyl (C=O) groups excluding carboxylic acids is 2. The van der Waals surface area contributed by atoms with E-state index in [9.17, 15) is 19.1 Å². The summed E-state index contributed by atoms with van der Waals surface area (Å²) in [4.78, 5) is 22.6.